The largest absolute Gasteiger partial charge is 0.381 e. The molecule has 2 aliphatic rings. The van der Waals surface area contributed by atoms with E-state index < -0.39 is 5.79 Å². The van der Waals surface area contributed by atoms with Crippen molar-refractivity contribution in [1.29, 1.82) is 0 Å². The van der Waals surface area contributed by atoms with Crippen LogP contribution in [-0.4, -0.2) is 59.8 Å². The number of aliphatic hydroxyl groups is 2. The van der Waals surface area contributed by atoms with Crippen LogP contribution in [0.1, 0.15) is 60.3 Å². The van der Waals surface area contributed by atoms with Crippen LogP contribution in [0.25, 0.3) is 0 Å². The lowest BCUT2D eigenvalue weighted by molar-refractivity contribution is -0.127. The van der Waals surface area contributed by atoms with Crippen LogP contribution in [0.3, 0.4) is 0 Å². The van der Waals surface area contributed by atoms with E-state index in [0.717, 1.165) is 39.1 Å². The van der Waals surface area contributed by atoms with Crippen LogP contribution in [0.2, 0.25) is 0 Å². The fraction of sp³-hybridized carbons (Fsp3) is 1.00. The van der Waals surface area contributed by atoms with Gasteiger partial charge in [-0.15, -0.1) is 0 Å². The molecule has 0 bridgehead atoms. The smallest absolute Gasteiger partial charge is 0.156 e. The molecular formula is C16H38N2O3. The van der Waals surface area contributed by atoms with E-state index in [2.05, 4.69) is 18.9 Å². The summed E-state index contributed by atoms with van der Waals surface area (Å²) in [5.74, 6) is -1.50. The molecule has 4 N–H and O–H groups in total. The molecule has 0 atom stereocenters. The van der Waals surface area contributed by atoms with Crippen molar-refractivity contribution in [1.82, 2.24) is 4.90 Å². The number of hydrogen-bond donors (Lipinski definition) is 3. The van der Waals surface area contributed by atoms with Crippen molar-refractivity contribution >= 4 is 0 Å². The van der Waals surface area contributed by atoms with Gasteiger partial charge in [0.25, 0.3) is 0 Å². The van der Waals surface area contributed by atoms with Crippen LogP contribution in [0.5, 0.6) is 0 Å². The van der Waals surface area contributed by atoms with Gasteiger partial charge in [-0.3, -0.25) is 0 Å². The minimum atomic E-state index is -1.50. The molecule has 0 aromatic carbocycles. The molecule has 0 unspecified atom stereocenters. The van der Waals surface area contributed by atoms with E-state index in [-0.39, 0.29) is 5.54 Å². The van der Waals surface area contributed by atoms with Gasteiger partial charge in [0.05, 0.1) is 0 Å². The number of likely N-dealkylation sites (tertiary alicyclic amines) is 1. The number of piperidine rings is 1. The zero-order valence-corrected chi connectivity index (χ0v) is 15.0. The van der Waals surface area contributed by atoms with Crippen LogP contribution in [0.15, 0.2) is 0 Å². The second kappa shape index (κ2) is 12.4. The molecule has 0 saturated carbocycles. The normalized spacial score (nSPS) is 21.0. The lowest BCUT2D eigenvalue weighted by Crippen LogP contribution is -2.46. The third-order valence-electron chi connectivity index (χ3n) is 2.96. The van der Waals surface area contributed by atoms with Crippen LogP contribution in [-0.2, 0) is 4.74 Å². The number of nitrogens with two attached hydrogens (primary N) is 1. The summed E-state index contributed by atoms with van der Waals surface area (Å²) in [6, 6.07) is 0. The standard InChI is InChI=1S/C7H16N2.C4H8O.C3H8O2.C2H6/c1-7(8)3-5-9(2)6-4-7;1-2-4-5-3-1;1-3(2,4)5;1-2/h3-6,8H2,1-2H3;1-4H2;4-5H,1-2H3;1-2H3. The molecule has 5 nitrogen and oxygen atoms in total. The number of hydrogen-bond acceptors (Lipinski definition) is 5. The van der Waals surface area contributed by atoms with Gasteiger partial charge in [0.1, 0.15) is 0 Å². The van der Waals surface area contributed by atoms with E-state index in [0.29, 0.717) is 0 Å². The van der Waals surface area contributed by atoms with Gasteiger partial charge in [-0.25, -0.2) is 0 Å². The van der Waals surface area contributed by atoms with Crippen molar-refractivity contribution in [3.63, 3.8) is 0 Å². The highest BCUT2D eigenvalue weighted by Crippen LogP contribution is 2.16. The first kappa shape index (κ1) is 23.1. The van der Waals surface area contributed by atoms with Crippen LogP contribution in [0, 0.1) is 0 Å². The van der Waals surface area contributed by atoms with Crippen LogP contribution >= 0.6 is 0 Å². The molecule has 130 valence electrons. The maximum atomic E-state index is 8.08. The van der Waals surface area contributed by atoms with Gasteiger partial charge in [-0.1, -0.05) is 13.8 Å². The first-order valence-electron chi connectivity index (χ1n) is 8.10. The van der Waals surface area contributed by atoms with Crippen molar-refractivity contribution in [2.24, 2.45) is 5.73 Å². The number of rotatable bonds is 0. The summed E-state index contributed by atoms with van der Waals surface area (Å²) >= 11 is 0. The Labute approximate surface area is 131 Å². The molecule has 0 radical (unpaired) electrons. The third-order valence-corrected chi connectivity index (χ3v) is 2.96. The molecular weight excluding hydrogens is 268 g/mol. The second-order valence-electron chi connectivity index (χ2n) is 6.27. The summed E-state index contributed by atoms with van der Waals surface area (Å²) in [6.07, 6.45) is 4.84. The van der Waals surface area contributed by atoms with Crippen molar-refractivity contribution in [3.8, 4) is 0 Å². The Morgan fingerprint density at radius 2 is 1.38 bits per heavy atom. The molecule has 2 heterocycles. The van der Waals surface area contributed by atoms with Gasteiger partial charge < -0.3 is 25.6 Å². The summed E-state index contributed by atoms with van der Waals surface area (Å²) < 4.78 is 4.94. The molecule has 2 rings (SSSR count). The third kappa shape index (κ3) is 22.2. The fourth-order valence-electron chi connectivity index (χ4n) is 1.64. The Balaban J connectivity index is 0. The van der Waals surface area contributed by atoms with E-state index in [9.17, 15) is 0 Å². The zero-order valence-electron chi connectivity index (χ0n) is 15.0. The summed E-state index contributed by atoms with van der Waals surface area (Å²) in [6.45, 7) is 13.1. The van der Waals surface area contributed by atoms with Crippen molar-refractivity contribution in [3.05, 3.63) is 0 Å². The lowest BCUT2D eigenvalue weighted by atomic mass is 9.91. The van der Waals surface area contributed by atoms with E-state index >= 15 is 0 Å². The van der Waals surface area contributed by atoms with Crippen LogP contribution in [0.4, 0.5) is 0 Å². The minimum Gasteiger partial charge on any atom is -0.381 e. The Hall–Kier alpha value is -0.200. The molecule has 0 amide bonds. The summed E-state index contributed by atoms with van der Waals surface area (Å²) in [5, 5.41) is 16.2. The average molecular weight is 306 g/mol. The maximum absolute atomic E-state index is 8.08. The molecule has 2 fully saturated rings. The number of nitrogens with zero attached hydrogens (tertiary/aromatic N) is 1. The van der Waals surface area contributed by atoms with E-state index in [1.165, 1.54) is 26.7 Å². The highest BCUT2D eigenvalue weighted by atomic mass is 16.5. The Morgan fingerprint density at radius 3 is 1.57 bits per heavy atom. The topological polar surface area (TPSA) is 79.0 Å². The lowest BCUT2D eigenvalue weighted by Gasteiger charge is -2.34. The molecule has 0 aliphatic carbocycles. The van der Waals surface area contributed by atoms with Gasteiger partial charge in [0, 0.05) is 18.8 Å². The molecule has 0 spiro atoms. The van der Waals surface area contributed by atoms with E-state index in [1.807, 2.05) is 13.8 Å². The quantitative estimate of drug-likeness (QED) is 0.596. The predicted molar refractivity (Wildman–Crippen MR) is 89.2 cm³/mol. The zero-order chi connectivity index (χ0) is 16.9. The molecule has 0 aromatic rings. The minimum absolute atomic E-state index is 0.118. The van der Waals surface area contributed by atoms with Crippen LogP contribution < -0.4 is 5.73 Å². The predicted octanol–water partition coefficient (Wildman–Crippen LogP) is 1.96. The Morgan fingerprint density at radius 1 is 1.05 bits per heavy atom. The second-order valence-corrected chi connectivity index (χ2v) is 6.27. The van der Waals surface area contributed by atoms with Gasteiger partial charge in [0.2, 0.25) is 0 Å². The monoisotopic (exact) mass is 306 g/mol. The van der Waals surface area contributed by atoms with E-state index in [1.54, 1.807) is 0 Å². The van der Waals surface area contributed by atoms with E-state index in [4.69, 9.17) is 20.7 Å². The van der Waals surface area contributed by atoms with Gasteiger partial charge >= 0.3 is 0 Å². The van der Waals surface area contributed by atoms with Gasteiger partial charge in [-0.2, -0.15) is 0 Å². The SMILES string of the molecule is C1CCOC1.CC.CC(C)(O)O.CN1CCC(C)(N)CC1. The first-order chi connectivity index (χ1) is 9.60. The molecule has 5 heteroatoms. The van der Waals surface area contributed by atoms with Crippen molar-refractivity contribution < 1.29 is 14.9 Å². The summed E-state index contributed by atoms with van der Waals surface area (Å²) in [4.78, 5) is 2.33. The summed E-state index contributed by atoms with van der Waals surface area (Å²) in [7, 11) is 2.15. The molecule has 21 heavy (non-hydrogen) atoms. The molecule has 0 aromatic heterocycles. The summed E-state index contributed by atoms with van der Waals surface area (Å²) in [5.41, 5.74) is 6.03. The Kier molecular flexibility index (Phi) is 13.6. The number of ether oxygens (including phenoxy) is 1. The highest BCUT2D eigenvalue weighted by molar-refractivity contribution is 4.84. The molecule has 2 saturated heterocycles. The van der Waals surface area contributed by atoms with Crippen molar-refractivity contribution in [2.75, 3.05) is 33.4 Å². The maximum Gasteiger partial charge on any atom is 0.156 e. The molecule has 2 aliphatic heterocycles. The fourth-order valence-corrected chi connectivity index (χ4v) is 1.64. The van der Waals surface area contributed by atoms with Gasteiger partial charge in [0.15, 0.2) is 5.79 Å². The highest BCUT2D eigenvalue weighted by Gasteiger charge is 2.23. The first-order valence-corrected chi connectivity index (χ1v) is 8.10. The van der Waals surface area contributed by atoms with Crippen molar-refractivity contribution in [2.45, 2.75) is 71.6 Å². The van der Waals surface area contributed by atoms with Gasteiger partial charge in [-0.05, 0) is 66.6 Å². The Bertz CT molecular complexity index is 200. The average Bonchev–Trinajstić information content (AvgIpc) is 2.93.